The average molecular weight is 395 g/mol. The molecule has 0 aromatic heterocycles. The Bertz CT molecular complexity index is 1080. The van der Waals surface area contributed by atoms with Crippen molar-refractivity contribution < 1.29 is 9.13 Å². The predicted octanol–water partition coefficient (Wildman–Crippen LogP) is 4.96. The van der Waals surface area contributed by atoms with Gasteiger partial charge in [0.25, 0.3) is 0 Å². The van der Waals surface area contributed by atoms with Gasteiger partial charge < -0.3 is 10.5 Å². The quantitative estimate of drug-likeness (QED) is 0.634. The number of nitrogens with two attached hydrogens (primary N) is 1. The first-order chi connectivity index (χ1) is 12.1. The van der Waals surface area contributed by atoms with Crippen LogP contribution in [0.15, 0.2) is 70.5 Å². The van der Waals surface area contributed by atoms with Crippen LogP contribution in [0.4, 0.5) is 4.39 Å². The lowest BCUT2D eigenvalue weighted by Gasteiger charge is -2.28. The molecule has 0 saturated heterocycles. The van der Waals surface area contributed by atoms with Crippen molar-refractivity contribution in [3.8, 4) is 11.8 Å². The third kappa shape index (κ3) is 2.46. The van der Waals surface area contributed by atoms with E-state index in [-0.39, 0.29) is 11.7 Å². The molecule has 1 heterocycles. The Morgan fingerprint density at radius 2 is 1.92 bits per heavy atom. The molecule has 0 amide bonds. The third-order valence-electron chi connectivity index (χ3n) is 4.39. The molecule has 1 aliphatic rings. The fourth-order valence-corrected chi connectivity index (χ4v) is 3.66. The summed E-state index contributed by atoms with van der Waals surface area (Å²) < 4.78 is 19.7. The Labute approximate surface area is 152 Å². The molecule has 3 nitrogen and oxygen atoms in total. The van der Waals surface area contributed by atoms with E-state index in [1.807, 2.05) is 36.4 Å². The van der Waals surface area contributed by atoms with Gasteiger partial charge in [-0.15, -0.1) is 0 Å². The first kappa shape index (κ1) is 15.7. The first-order valence-corrected chi connectivity index (χ1v) is 8.43. The van der Waals surface area contributed by atoms with Crippen LogP contribution in [0, 0.1) is 17.1 Å². The van der Waals surface area contributed by atoms with E-state index in [1.54, 1.807) is 12.1 Å². The fraction of sp³-hybridized carbons (Fsp3) is 0.0500. The highest BCUT2D eigenvalue weighted by molar-refractivity contribution is 9.10. The van der Waals surface area contributed by atoms with Crippen molar-refractivity contribution in [3.05, 3.63) is 87.5 Å². The summed E-state index contributed by atoms with van der Waals surface area (Å²) in [6.07, 6.45) is 0. The molecule has 0 radical (unpaired) electrons. The molecular weight excluding hydrogens is 383 g/mol. The van der Waals surface area contributed by atoms with Gasteiger partial charge in [0.1, 0.15) is 23.2 Å². The van der Waals surface area contributed by atoms with Gasteiger partial charge in [0.05, 0.1) is 10.4 Å². The summed E-state index contributed by atoms with van der Waals surface area (Å²) in [4.78, 5) is 0. The number of hydrogen-bond acceptors (Lipinski definition) is 3. The monoisotopic (exact) mass is 394 g/mol. The van der Waals surface area contributed by atoms with Gasteiger partial charge in [-0.3, -0.25) is 0 Å². The summed E-state index contributed by atoms with van der Waals surface area (Å²) in [6, 6.07) is 18.6. The largest absolute Gasteiger partial charge is 0.440 e. The Kier molecular flexibility index (Phi) is 3.70. The zero-order chi connectivity index (χ0) is 17.6. The van der Waals surface area contributed by atoms with E-state index in [1.165, 1.54) is 6.07 Å². The number of benzene rings is 3. The van der Waals surface area contributed by atoms with Gasteiger partial charge in [0.2, 0.25) is 5.88 Å². The molecule has 5 heteroatoms. The highest BCUT2D eigenvalue weighted by Gasteiger charge is 2.32. The summed E-state index contributed by atoms with van der Waals surface area (Å²) in [5.74, 6) is -0.0856. The van der Waals surface area contributed by atoms with E-state index in [2.05, 4.69) is 22.0 Å². The molecule has 122 valence electrons. The van der Waals surface area contributed by atoms with Crippen LogP contribution in [0.3, 0.4) is 0 Å². The normalized spacial score (nSPS) is 16.3. The second kappa shape index (κ2) is 5.91. The molecule has 1 aliphatic heterocycles. The summed E-state index contributed by atoms with van der Waals surface area (Å²) in [5.41, 5.74) is 7.95. The van der Waals surface area contributed by atoms with Crippen LogP contribution in [0.25, 0.3) is 10.8 Å². The molecule has 25 heavy (non-hydrogen) atoms. The predicted molar refractivity (Wildman–Crippen MR) is 97.3 cm³/mol. The number of hydrogen-bond donors (Lipinski definition) is 1. The Morgan fingerprint density at radius 1 is 1.12 bits per heavy atom. The second-order valence-corrected chi connectivity index (χ2v) is 6.65. The van der Waals surface area contributed by atoms with Gasteiger partial charge in [0, 0.05) is 5.56 Å². The van der Waals surface area contributed by atoms with Gasteiger partial charge in [0.15, 0.2) is 0 Å². The minimum atomic E-state index is -0.420. The van der Waals surface area contributed by atoms with E-state index < -0.39 is 5.92 Å². The molecule has 3 aromatic carbocycles. The molecule has 2 N–H and O–H groups in total. The molecule has 0 fully saturated rings. The number of rotatable bonds is 1. The smallest absolute Gasteiger partial charge is 0.205 e. The highest BCUT2D eigenvalue weighted by atomic mass is 79.9. The number of fused-ring (bicyclic) bond motifs is 3. The van der Waals surface area contributed by atoms with Gasteiger partial charge in [-0.05, 0) is 50.5 Å². The van der Waals surface area contributed by atoms with Crippen molar-refractivity contribution in [2.45, 2.75) is 5.92 Å². The molecular formula is C20H12BrFN2O. The lowest BCUT2D eigenvalue weighted by atomic mass is 9.81. The maximum atomic E-state index is 13.7. The maximum absolute atomic E-state index is 13.7. The van der Waals surface area contributed by atoms with E-state index in [0.717, 1.165) is 21.9 Å². The SMILES string of the molecule is N#CC1=C(N)Oc2ccc3ccccc3c2[C@@H]1c1ccc(F)c(Br)c1. The summed E-state index contributed by atoms with van der Waals surface area (Å²) in [7, 11) is 0. The molecule has 0 aliphatic carbocycles. The zero-order valence-corrected chi connectivity index (χ0v) is 14.5. The standard InChI is InChI=1S/C20H12BrFN2O/c21-15-9-12(5-7-16(15)22)18-14(10-23)20(24)25-17-8-6-11-3-1-2-4-13(11)19(17)18/h1-9,18H,24H2/t18-/m1/s1. The summed E-state index contributed by atoms with van der Waals surface area (Å²) in [5, 5.41) is 11.7. The molecule has 3 aromatic rings. The van der Waals surface area contributed by atoms with Crippen LogP contribution in [-0.4, -0.2) is 0 Å². The third-order valence-corrected chi connectivity index (χ3v) is 5.00. The summed E-state index contributed by atoms with van der Waals surface area (Å²) in [6.45, 7) is 0. The Hall–Kier alpha value is -2.84. The van der Waals surface area contributed by atoms with Crippen molar-refractivity contribution in [1.29, 1.82) is 5.26 Å². The molecule has 0 spiro atoms. The van der Waals surface area contributed by atoms with E-state index in [0.29, 0.717) is 15.8 Å². The topological polar surface area (TPSA) is 59.0 Å². The van der Waals surface area contributed by atoms with Crippen molar-refractivity contribution in [2.75, 3.05) is 0 Å². The molecule has 0 unspecified atom stereocenters. The number of nitrogens with zero attached hydrogens (tertiary/aromatic N) is 1. The fourth-order valence-electron chi connectivity index (χ4n) is 3.27. The summed E-state index contributed by atoms with van der Waals surface area (Å²) >= 11 is 3.22. The minimum Gasteiger partial charge on any atom is -0.440 e. The molecule has 4 rings (SSSR count). The first-order valence-electron chi connectivity index (χ1n) is 7.64. The Balaban J connectivity index is 2.06. The van der Waals surface area contributed by atoms with E-state index in [4.69, 9.17) is 10.5 Å². The van der Waals surface area contributed by atoms with E-state index >= 15 is 0 Å². The van der Waals surface area contributed by atoms with Crippen molar-refractivity contribution >= 4 is 26.7 Å². The molecule has 0 bridgehead atoms. The van der Waals surface area contributed by atoms with Crippen LogP contribution in [0.2, 0.25) is 0 Å². The lowest BCUT2D eigenvalue weighted by molar-refractivity contribution is 0.395. The number of halogens is 2. The van der Waals surface area contributed by atoms with Crippen LogP contribution >= 0.6 is 15.9 Å². The zero-order valence-electron chi connectivity index (χ0n) is 13.0. The van der Waals surface area contributed by atoms with Crippen LogP contribution in [0.5, 0.6) is 5.75 Å². The minimum absolute atomic E-state index is 0.0794. The van der Waals surface area contributed by atoms with Gasteiger partial charge in [-0.25, -0.2) is 4.39 Å². The molecule has 0 saturated carbocycles. The Morgan fingerprint density at radius 3 is 2.68 bits per heavy atom. The average Bonchev–Trinajstić information content (AvgIpc) is 2.62. The maximum Gasteiger partial charge on any atom is 0.205 e. The van der Waals surface area contributed by atoms with Crippen LogP contribution in [-0.2, 0) is 0 Å². The number of allylic oxidation sites excluding steroid dienone is 1. The number of nitriles is 1. The van der Waals surface area contributed by atoms with E-state index in [9.17, 15) is 9.65 Å². The van der Waals surface area contributed by atoms with Crippen LogP contribution < -0.4 is 10.5 Å². The second-order valence-electron chi connectivity index (χ2n) is 5.80. The van der Waals surface area contributed by atoms with Crippen molar-refractivity contribution in [1.82, 2.24) is 0 Å². The number of ether oxygens (including phenoxy) is 1. The molecule has 1 atom stereocenters. The van der Waals surface area contributed by atoms with Gasteiger partial charge >= 0.3 is 0 Å². The van der Waals surface area contributed by atoms with Crippen molar-refractivity contribution in [2.24, 2.45) is 5.73 Å². The van der Waals surface area contributed by atoms with Crippen molar-refractivity contribution in [3.63, 3.8) is 0 Å². The van der Waals surface area contributed by atoms with Gasteiger partial charge in [-0.1, -0.05) is 36.4 Å². The highest BCUT2D eigenvalue weighted by Crippen LogP contribution is 2.45. The van der Waals surface area contributed by atoms with Crippen LogP contribution in [0.1, 0.15) is 17.0 Å². The lowest BCUT2D eigenvalue weighted by Crippen LogP contribution is -2.21. The van der Waals surface area contributed by atoms with Gasteiger partial charge in [-0.2, -0.15) is 5.26 Å².